The maximum atomic E-state index is 11.8. The normalized spacial score (nSPS) is 10.2. The Morgan fingerprint density at radius 3 is 2.74 bits per heavy atom. The summed E-state index contributed by atoms with van der Waals surface area (Å²) in [6.07, 6.45) is 3.98. The number of hydrogen-bond acceptors (Lipinski definition) is 4. The number of hydrogen-bond donors (Lipinski definition) is 2. The van der Waals surface area contributed by atoms with Crippen LogP contribution in [0.2, 0.25) is 0 Å². The molecule has 0 saturated heterocycles. The van der Waals surface area contributed by atoms with E-state index in [1.54, 1.807) is 0 Å². The zero-order valence-electron chi connectivity index (χ0n) is 10.1. The van der Waals surface area contributed by atoms with Gasteiger partial charge in [-0.05, 0) is 34.0 Å². The van der Waals surface area contributed by atoms with Gasteiger partial charge in [0, 0.05) is 12.1 Å². The van der Waals surface area contributed by atoms with Crippen LogP contribution in [0.25, 0.3) is 0 Å². The van der Waals surface area contributed by atoms with Gasteiger partial charge in [0.05, 0.1) is 12.4 Å². The summed E-state index contributed by atoms with van der Waals surface area (Å²) in [5.74, 6) is 0.328. The average Bonchev–Trinajstić information content (AvgIpc) is 2.40. The number of nitrogen functional groups attached to an aromatic ring is 1. The number of rotatable bonds is 4. The maximum Gasteiger partial charge on any atom is 0.225 e. The Morgan fingerprint density at radius 2 is 2.05 bits per heavy atom. The second-order valence-corrected chi connectivity index (χ2v) is 4.78. The van der Waals surface area contributed by atoms with Crippen LogP contribution in [0.3, 0.4) is 0 Å². The van der Waals surface area contributed by atoms with Gasteiger partial charge in [-0.15, -0.1) is 0 Å². The Hall–Kier alpha value is -1.95. The SMILES string of the molecule is Nc1ccccc1CCC(=O)Nc1cnc(Br)cn1. The zero-order valence-corrected chi connectivity index (χ0v) is 11.7. The lowest BCUT2D eigenvalue weighted by molar-refractivity contribution is -0.116. The molecule has 1 heterocycles. The minimum atomic E-state index is -0.111. The van der Waals surface area contributed by atoms with E-state index in [0.717, 1.165) is 5.56 Å². The number of aryl methyl sites for hydroxylation is 1. The van der Waals surface area contributed by atoms with Gasteiger partial charge in [0.25, 0.3) is 0 Å². The van der Waals surface area contributed by atoms with Crippen LogP contribution in [-0.4, -0.2) is 15.9 Å². The van der Waals surface area contributed by atoms with Crippen LogP contribution in [0.4, 0.5) is 11.5 Å². The highest BCUT2D eigenvalue weighted by molar-refractivity contribution is 9.10. The lowest BCUT2D eigenvalue weighted by atomic mass is 10.1. The number of carbonyl (C=O) groups is 1. The van der Waals surface area contributed by atoms with Crippen LogP contribution in [0.1, 0.15) is 12.0 Å². The summed E-state index contributed by atoms with van der Waals surface area (Å²) < 4.78 is 0.627. The third-order valence-electron chi connectivity index (χ3n) is 2.56. The highest BCUT2D eigenvalue weighted by Gasteiger charge is 2.05. The molecule has 6 heteroatoms. The molecule has 0 atom stereocenters. The van der Waals surface area contributed by atoms with Crippen LogP contribution >= 0.6 is 15.9 Å². The van der Waals surface area contributed by atoms with Crippen molar-refractivity contribution in [2.24, 2.45) is 0 Å². The van der Waals surface area contributed by atoms with E-state index in [0.29, 0.717) is 29.0 Å². The molecule has 5 nitrogen and oxygen atoms in total. The summed E-state index contributed by atoms with van der Waals surface area (Å²) in [5, 5.41) is 2.68. The number of nitrogens with zero attached hydrogens (tertiary/aromatic N) is 2. The van der Waals surface area contributed by atoms with Crippen LogP contribution < -0.4 is 11.1 Å². The quantitative estimate of drug-likeness (QED) is 0.847. The standard InChI is InChI=1S/C13H13BrN4O/c14-11-7-17-12(8-16-11)18-13(19)6-5-9-3-1-2-4-10(9)15/h1-4,7-8H,5-6,15H2,(H,17,18,19). The van der Waals surface area contributed by atoms with Crippen molar-refractivity contribution < 1.29 is 4.79 Å². The topological polar surface area (TPSA) is 80.9 Å². The number of carbonyl (C=O) groups excluding carboxylic acids is 1. The molecule has 0 aliphatic rings. The number of nitrogens with two attached hydrogens (primary N) is 1. The first-order valence-corrected chi connectivity index (χ1v) is 6.55. The summed E-state index contributed by atoms with van der Waals surface area (Å²) in [5.41, 5.74) is 7.50. The van der Waals surface area contributed by atoms with Gasteiger partial charge in [0.2, 0.25) is 5.91 Å². The van der Waals surface area contributed by atoms with Crippen molar-refractivity contribution in [2.75, 3.05) is 11.1 Å². The van der Waals surface area contributed by atoms with Gasteiger partial charge in [-0.1, -0.05) is 18.2 Å². The van der Waals surface area contributed by atoms with Crippen LogP contribution in [0.5, 0.6) is 0 Å². The molecule has 0 fully saturated rings. The van der Waals surface area contributed by atoms with E-state index in [1.807, 2.05) is 24.3 Å². The Morgan fingerprint density at radius 1 is 1.26 bits per heavy atom. The predicted molar refractivity (Wildman–Crippen MR) is 77.5 cm³/mol. The molecule has 0 radical (unpaired) electrons. The van der Waals surface area contributed by atoms with E-state index in [4.69, 9.17) is 5.73 Å². The monoisotopic (exact) mass is 320 g/mol. The van der Waals surface area contributed by atoms with Crippen molar-refractivity contribution in [3.05, 3.63) is 46.8 Å². The number of nitrogens with one attached hydrogen (secondary N) is 1. The van der Waals surface area contributed by atoms with Crippen LogP contribution in [0.15, 0.2) is 41.3 Å². The molecular weight excluding hydrogens is 308 g/mol. The molecule has 98 valence electrons. The van der Waals surface area contributed by atoms with E-state index in [9.17, 15) is 4.79 Å². The molecule has 2 rings (SSSR count). The van der Waals surface area contributed by atoms with E-state index < -0.39 is 0 Å². The first-order valence-electron chi connectivity index (χ1n) is 5.76. The van der Waals surface area contributed by atoms with Gasteiger partial charge in [0.1, 0.15) is 4.60 Å². The second-order valence-electron chi connectivity index (χ2n) is 3.97. The highest BCUT2D eigenvalue weighted by atomic mass is 79.9. The summed E-state index contributed by atoms with van der Waals surface area (Å²) in [7, 11) is 0. The summed E-state index contributed by atoms with van der Waals surface area (Å²) in [4.78, 5) is 19.8. The van der Waals surface area contributed by atoms with Crippen LogP contribution in [-0.2, 0) is 11.2 Å². The number of para-hydroxylation sites is 1. The minimum absolute atomic E-state index is 0.111. The van der Waals surface area contributed by atoms with Crippen molar-refractivity contribution >= 4 is 33.3 Å². The molecule has 1 aromatic carbocycles. The number of aromatic nitrogens is 2. The van der Waals surface area contributed by atoms with Crippen molar-refractivity contribution in [2.45, 2.75) is 12.8 Å². The molecule has 19 heavy (non-hydrogen) atoms. The fourth-order valence-corrected chi connectivity index (χ4v) is 1.80. The minimum Gasteiger partial charge on any atom is -0.399 e. The Bertz CT molecular complexity index is 571. The number of anilines is 2. The Kier molecular flexibility index (Phi) is 4.46. The summed E-state index contributed by atoms with van der Waals surface area (Å²) in [6.45, 7) is 0. The van der Waals surface area contributed by atoms with Gasteiger partial charge in [-0.3, -0.25) is 4.79 Å². The second kappa shape index (κ2) is 6.29. The molecule has 0 aliphatic heterocycles. The molecule has 2 aromatic rings. The van der Waals surface area contributed by atoms with Crippen molar-refractivity contribution in [1.29, 1.82) is 0 Å². The molecule has 0 unspecified atom stereocenters. The third kappa shape index (κ3) is 4.03. The number of halogens is 1. The summed E-state index contributed by atoms with van der Waals surface area (Å²) in [6, 6.07) is 7.52. The van der Waals surface area contributed by atoms with E-state index >= 15 is 0 Å². The summed E-state index contributed by atoms with van der Waals surface area (Å²) >= 11 is 3.18. The molecule has 0 bridgehead atoms. The largest absolute Gasteiger partial charge is 0.399 e. The van der Waals surface area contributed by atoms with E-state index in [-0.39, 0.29) is 5.91 Å². The predicted octanol–water partition coefficient (Wildman–Crippen LogP) is 2.39. The first-order chi connectivity index (χ1) is 9.15. The number of amides is 1. The Labute approximate surface area is 119 Å². The van der Waals surface area contributed by atoms with Gasteiger partial charge in [-0.25, -0.2) is 9.97 Å². The molecule has 0 saturated carbocycles. The molecule has 0 spiro atoms. The van der Waals surface area contributed by atoms with Gasteiger partial charge < -0.3 is 11.1 Å². The fraction of sp³-hybridized carbons (Fsp3) is 0.154. The molecule has 1 aromatic heterocycles. The zero-order chi connectivity index (χ0) is 13.7. The van der Waals surface area contributed by atoms with Crippen molar-refractivity contribution in [1.82, 2.24) is 9.97 Å². The average molecular weight is 321 g/mol. The van der Waals surface area contributed by atoms with Gasteiger partial charge in [-0.2, -0.15) is 0 Å². The van der Waals surface area contributed by atoms with Gasteiger partial charge >= 0.3 is 0 Å². The lowest BCUT2D eigenvalue weighted by Crippen LogP contribution is -2.13. The Balaban J connectivity index is 1.88. The molecular formula is C13H13BrN4O. The number of benzene rings is 1. The fourth-order valence-electron chi connectivity index (χ4n) is 1.59. The van der Waals surface area contributed by atoms with E-state index in [2.05, 4.69) is 31.2 Å². The first kappa shape index (κ1) is 13.5. The van der Waals surface area contributed by atoms with Crippen LogP contribution in [0, 0.1) is 0 Å². The van der Waals surface area contributed by atoms with Crippen molar-refractivity contribution in [3.63, 3.8) is 0 Å². The molecule has 3 N–H and O–H groups in total. The van der Waals surface area contributed by atoms with Gasteiger partial charge in [0.15, 0.2) is 5.82 Å². The lowest BCUT2D eigenvalue weighted by Gasteiger charge is -2.06. The molecule has 1 amide bonds. The van der Waals surface area contributed by atoms with E-state index in [1.165, 1.54) is 12.4 Å². The maximum absolute atomic E-state index is 11.8. The highest BCUT2D eigenvalue weighted by Crippen LogP contribution is 2.13. The van der Waals surface area contributed by atoms with Crippen molar-refractivity contribution in [3.8, 4) is 0 Å². The smallest absolute Gasteiger partial charge is 0.225 e. The molecule has 0 aliphatic carbocycles. The third-order valence-corrected chi connectivity index (χ3v) is 2.97.